The van der Waals surface area contributed by atoms with Gasteiger partial charge in [-0.15, -0.1) is 11.3 Å². The van der Waals surface area contributed by atoms with Crippen LogP contribution in [0.1, 0.15) is 29.5 Å². The van der Waals surface area contributed by atoms with Gasteiger partial charge >= 0.3 is 0 Å². The average Bonchev–Trinajstić information content (AvgIpc) is 3.23. The zero-order valence-corrected chi connectivity index (χ0v) is 14.5. The Bertz CT molecular complexity index is 811. The van der Waals surface area contributed by atoms with Gasteiger partial charge in [0.2, 0.25) is 0 Å². The quantitative estimate of drug-likeness (QED) is 0.748. The first-order valence-corrected chi connectivity index (χ1v) is 8.65. The van der Waals surface area contributed by atoms with Crippen molar-refractivity contribution in [1.29, 1.82) is 0 Å². The van der Waals surface area contributed by atoms with Gasteiger partial charge in [-0.25, -0.2) is 15.0 Å². The van der Waals surface area contributed by atoms with Crippen molar-refractivity contribution in [2.24, 2.45) is 7.05 Å². The van der Waals surface area contributed by atoms with Crippen LogP contribution in [0, 0.1) is 0 Å². The molecule has 0 radical (unpaired) electrons. The standard InChI is InChI=1S/C17H19N5OS/c1-12(6-7-13-5-3-10-22(13)2)20-16(23)14-11-24-17(21-14)15-18-8-4-9-19-15/h3-5,8-12H,6-7H2,1-2H3,(H,20,23)/t12-/m0/s1. The van der Waals surface area contributed by atoms with E-state index >= 15 is 0 Å². The van der Waals surface area contributed by atoms with Crippen LogP contribution in [0.15, 0.2) is 42.2 Å². The second-order valence-electron chi connectivity index (χ2n) is 5.63. The molecule has 0 saturated heterocycles. The van der Waals surface area contributed by atoms with Crippen molar-refractivity contribution >= 4 is 17.2 Å². The number of hydrogen-bond donors (Lipinski definition) is 1. The Balaban J connectivity index is 1.57. The number of amides is 1. The number of nitrogens with zero attached hydrogens (tertiary/aromatic N) is 4. The fourth-order valence-corrected chi connectivity index (χ4v) is 3.13. The monoisotopic (exact) mass is 341 g/mol. The molecular weight excluding hydrogens is 322 g/mol. The maximum absolute atomic E-state index is 12.3. The third-order valence-electron chi connectivity index (χ3n) is 3.76. The summed E-state index contributed by atoms with van der Waals surface area (Å²) in [5.41, 5.74) is 1.67. The second kappa shape index (κ2) is 7.35. The fraction of sp³-hybridized carbons (Fsp3) is 0.294. The van der Waals surface area contributed by atoms with E-state index in [1.54, 1.807) is 23.8 Å². The molecule has 0 unspecified atom stereocenters. The number of hydrogen-bond acceptors (Lipinski definition) is 5. The molecule has 0 aliphatic heterocycles. The van der Waals surface area contributed by atoms with E-state index in [9.17, 15) is 4.79 Å². The molecular formula is C17H19N5OS. The molecule has 24 heavy (non-hydrogen) atoms. The minimum absolute atomic E-state index is 0.0746. The van der Waals surface area contributed by atoms with Crippen LogP contribution in [0.2, 0.25) is 0 Å². The first-order chi connectivity index (χ1) is 11.6. The minimum atomic E-state index is -0.159. The molecule has 0 bridgehead atoms. The van der Waals surface area contributed by atoms with Crippen molar-refractivity contribution in [2.75, 3.05) is 0 Å². The summed E-state index contributed by atoms with van der Waals surface area (Å²) in [5.74, 6) is 0.381. The van der Waals surface area contributed by atoms with Crippen molar-refractivity contribution in [3.63, 3.8) is 0 Å². The average molecular weight is 341 g/mol. The minimum Gasteiger partial charge on any atom is -0.354 e. The number of aromatic nitrogens is 4. The molecule has 7 heteroatoms. The Kier molecular flexibility index (Phi) is 5.00. The Morgan fingerprint density at radius 2 is 2.12 bits per heavy atom. The lowest BCUT2D eigenvalue weighted by Gasteiger charge is -2.13. The van der Waals surface area contributed by atoms with Crippen molar-refractivity contribution in [3.8, 4) is 10.8 Å². The van der Waals surface area contributed by atoms with Crippen molar-refractivity contribution in [2.45, 2.75) is 25.8 Å². The number of thiazole rings is 1. The van der Waals surface area contributed by atoms with E-state index in [0.717, 1.165) is 12.8 Å². The largest absolute Gasteiger partial charge is 0.354 e. The Morgan fingerprint density at radius 1 is 1.33 bits per heavy atom. The first-order valence-electron chi connectivity index (χ1n) is 7.77. The maximum atomic E-state index is 12.3. The third kappa shape index (κ3) is 3.86. The summed E-state index contributed by atoms with van der Waals surface area (Å²) in [4.78, 5) is 25.0. The molecule has 1 atom stereocenters. The van der Waals surface area contributed by atoms with E-state index in [1.165, 1.54) is 17.0 Å². The lowest BCUT2D eigenvalue weighted by atomic mass is 10.1. The number of carbonyl (C=O) groups is 1. The van der Waals surface area contributed by atoms with E-state index in [-0.39, 0.29) is 11.9 Å². The summed E-state index contributed by atoms with van der Waals surface area (Å²) >= 11 is 1.37. The number of nitrogens with one attached hydrogen (secondary N) is 1. The number of carbonyl (C=O) groups excluding carboxylic acids is 1. The number of rotatable bonds is 6. The summed E-state index contributed by atoms with van der Waals surface area (Å²) in [5, 5.41) is 5.39. The van der Waals surface area contributed by atoms with Gasteiger partial charge in [0.1, 0.15) is 5.69 Å². The van der Waals surface area contributed by atoms with Crippen molar-refractivity contribution in [3.05, 3.63) is 53.6 Å². The van der Waals surface area contributed by atoms with E-state index in [1.807, 2.05) is 26.2 Å². The van der Waals surface area contributed by atoms with Gasteiger partial charge in [0.25, 0.3) is 5.91 Å². The molecule has 3 aromatic heterocycles. The van der Waals surface area contributed by atoms with Crippen molar-refractivity contribution < 1.29 is 4.79 Å². The lowest BCUT2D eigenvalue weighted by Crippen LogP contribution is -2.33. The zero-order chi connectivity index (χ0) is 16.9. The van der Waals surface area contributed by atoms with Crippen LogP contribution >= 0.6 is 11.3 Å². The predicted octanol–water partition coefficient (Wildman–Crippen LogP) is 2.69. The molecule has 0 spiro atoms. The Labute approximate surface area is 144 Å². The summed E-state index contributed by atoms with van der Waals surface area (Å²) in [6, 6.07) is 5.95. The van der Waals surface area contributed by atoms with Crippen LogP contribution in [0.5, 0.6) is 0 Å². The molecule has 6 nitrogen and oxygen atoms in total. The van der Waals surface area contributed by atoms with Gasteiger partial charge in [0, 0.05) is 42.8 Å². The van der Waals surface area contributed by atoms with Crippen LogP contribution in [0.4, 0.5) is 0 Å². The Hall–Kier alpha value is -2.54. The predicted molar refractivity (Wildman–Crippen MR) is 93.8 cm³/mol. The van der Waals surface area contributed by atoms with Gasteiger partial charge in [-0.3, -0.25) is 4.79 Å². The molecule has 0 saturated carbocycles. The normalized spacial score (nSPS) is 12.1. The molecule has 3 heterocycles. The first kappa shape index (κ1) is 16.3. The highest BCUT2D eigenvalue weighted by molar-refractivity contribution is 7.13. The van der Waals surface area contributed by atoms with Crippen LogP contribution in [-0.2, 0) is 13.5 Å². The molecule has 124 valence electrons. The van der Waals surface area contributed by atoms with Crippen molar-refractivity contribution in [1.82, 2.24) is 24.8 Å². The molecule has 1 N–H and O–H groups in total. The summed E-state index contributed by atoms with van der Waals surface area (Å²) < 4.78 is 2.10. The smallest absolute Gasteiger partial charge is 0.270 e. The fourth-order valence-electron chi connectivity index (χ4n) is 2.38. The van der Waals surface area contributed by atoms with E-state index in [2.05, 4.69) is 30.9 Å². The van der Waals surface area contributed by atoms with Crippen LogP contribution in [-0.4, -0.2) is 31.5 Å². The van der Waals surface area contributed by atoms with Crippen LogP contribution in [0.25, 0.3) is 10.8 Å². The van der Waals surface area contributed by atoms with Gasteiger partial charge in [-0.1, -0.05) is 0 Å². The van der Waals surface area contributed by atoms with Crippen LogP contribution in [0.3, 0.4) is 0 Å². The molecule has 3 rings (SSSR count). The second-order valence-corrected chi connectivity index (χ2v) is 6.49. The molecule has 0 fully saturated rings. The summed E-state index contributed by atoms with van der Waals surface area (Å²) in [6.07, 6.45) is 7.15. The van der Waals surface area contributed by atoms with E-state index < -0.39 is 0 Å². The molecule has 0 aliphatic rings. The number of aryl methyl sites for hydroxylation is 2. The molecule has 1 amide bonds. The zero-order valence-electron chi connectivity index (χ0n) is 13.6. The molecule has 3 aromatic rings. The highest BCUT2D eigenvalue weighted by Gasteiger charge is 2.15. The van der Waals surface area contributed by atoms with Gasteiger partial charge in [0.15, 0.2) is 10.8 Å². The summed E-state index contributed by atoms with van der Waals surface area (Å²) in [6.45, 7) is 2.01. The third-order valence-corrected chi connectivity index (χ3v) is 4.59. The van der Waals surface area contributed by atoms with Crippen LogP contribution < -0.4 is 5.32 Å². The van der Waals surface area contributed by atoms with E-state index in [0.29, 0.717) is 16.5 Å². The summed E-state index contributed by atoms with van der Waals surface area (Å²) in [7, 11) is 2.03. The maximum Gasteiger partial charge on any atom is 0.270 e. The highest BCUT2D eigenvalue weighted by atomic mass is 32.1. The van der Waals surface area contributed by atoms with E-state index in [4.69, 9.17) is 0 Å². The van der Waals surface area contributed by atoms with Gasteiger partial charge in [0.05, 0.1) is 0 Å². The highest BCUT2D eigenvalue weighted by Crippen LogP contribution is 2.19. The lowest BCUT2D eigenvalue weighted by molar-refractivity contribution is 0.0934. The molecule has 0 aliphatic carbocycles. The Morgan fingerprint density at radius 3 is 2.83 bits per heavy atom. The van der Waals surface area contributed by atoms with Gasteiger partial charge in [-0.05, 0) is 38.0 Å². The molecule has 0 aromatic carbocycles. The SMILES string of the molecule is C[C@@H](CCc1cccn1C)NC(=O)c1csc(-c2ncccn2)n1. The van der Waals surface area contributed by atoms with Gasteiger partial charge < -0.3 is 9.88 Å². The van der Waals surface area contributed by atoms with Gasteiger partial charge in [-0.2, -0.15) is 0 Å². The topological polar surface area (TPSA) is 72.7 Å².